The lowest BCUT2D eigenvalue weighted by atomic mass is 9.81. The quantitative estimate of drug-likeness (QED) is 0.820. The maximum atomic E-state index is 12.4. The van der Waals surface area contributed by atoms with E-state index in [1.54, 1.807) is 0 Å². The first-order valence-corrected chi connectivity index (χ1v) is 4.81. The van der Waals surface area contributed by atoms with Crippen molar-refractivity contribution in [1.29, 1.82) is 0 Å². The van der Waals surface area contributed by atoms with Gasteiger partial charge in [0.15, 0.2) is 0 Å². The molecule has 2 rings (SSSR count). The number of anilines is 1. The van der Waals surface area contributed by atoms with Gasteiger partial charge in [-0.15, -0.1) is 0 Å². The standard InChI is InChI=1S/C7H9F2N3S/c8-7(9)1-5(2-7)3-10-6-11-4-12-13-6/h4-5H,1-3H2,(H,10,11,12). The van der Waals surface area contributed by atoms with Crippen LogP contribution in [0.4, 0.5) is 13.9 Å². The summed E-state index contributed by atoms with van der Waals surface area (Å²) in [5, 5.41) is 3.68. The fourth-order valence-electron chi connectivity index (χ4n) is 1.41. The smallest absolute Gasteiger partial charge is 0.248 e. The SMILES string of the molecule is FC1(F)CC(CNc2ncns2)C1. The highest BCUT2D eigenvalue weighted by atomic mass is 32.1. The van der Waals surface area contributed by atoms with Crippen molar-refractivity contribution in [3.8, 4) is 0 Å². The molecule has 1 aromatic rings. The van der Waals surface area contributed by atoms with Crippen molar-refractivity contribution < 1.29 is 8.78 Å². The molecular weight excluding hydrogens is 196 g/mol. The van der Waals surface area contributed by atoms with Crippen molar-refractivity contribution in [1.82, 2.24) is 9.36 Å². The number of hydrogen-bond donors (Lipinski definition) is 1. The molecule has 1 aliphatic rings. The summed E-state index contributed by atoms with van der Waals surface area (Å²) in [6.45, 7) is 0.574. The van der Waals surface area contributed by atoms with E-state index < -0.39 is 5.92 Å². The largest absolute Gasteiger partial charge is 0.360 e. The summed E-state index contributed by atoms with van der Waals surface area (Å²) >= 11 is 1.24. The second-order valence-corrected chi connectivity index (χ2v) is 4.04. The number of nitrogens with zero attached hydrogens (tertiary/aromatic N) is 2. The van der Waals surface area contributed by atoms with Gasteiger partial charge >= 0.3 is 0 Å². The Morgan fingerprint density at radius 1 is 1.62 bits per heavy atom. The Hall–Kier alpha value is -0.780. The average Bonchev–Trinajstić information content (AvgIpc) is 2.48. The third-order valence-corrected chi connectivity index (χ3v) is 2.70. The number of aromatic nitrogens is 2. The van der Waals surface area contributed by atoms with E-state index in [-0.39, 0.29) is 18.8 Å². The summed E-state index contributed by atoms with van der Waals surface area (Å²) < 4.78 is 28.6. The van der Waals surface area contributed by atoms with E-state index in [2.05, 4.69) is 14.7 Å². The van der Waals surface area contributed by atoms with Gasteiger partial charge in [0.1, 0.15) is 6.33 Å². The Morgan fingerprint density at radius 3 is 2.92 bits per heavy atom. The van der Waals surface area contributed by atoms with Crippen LogP contribution in [0.25, 0.3) is 0 Å². The van der Waals surface area contributed by atoms with Crippen LogP contribution in [0.1, 0.15) is 12.8 Å². The summed E-state index contributed by atoms with van der Waals surface area (Å²) in [6.07, 6.45) is 1.44. The number of alkyl halides is 2. The fraction of sp³-hybridized carbons (Fsp3) is 0.714. The molecular formula is C7H9F2N3S. The molecule has 1 aliphatic carbocycles. The minimum Gasteiger partial charge on any atom is -0.360 e. The van der Waals surface area contributed by atoms with Crippen molar-refractivity contribution in [3.63, 3.8) is 0 Å². The maximum Gasteiger partial charge on any atom is 0.248 e. The van der Waals surface area contributed by atoms with Crippen LogP contribution >= 0.6 is 11.5 Å². The number of rotatable bonds is 3. The Bertz CT molecular complexity index is 267. The van der Waals surface area contributed by atoms with Gasteiger partial charge in [-0.3, -0.25) is 0 Å². The van der Waals surface area contributed by atoms with Gasteiger partial charge in [0.2, 0.25) is 11.1 Å². The zero-order valence-corrected chi connectivity index (χ0v) is 7.65. The topological polar surface area (TPSA) is 37.8 Å². The lowest BCUT2D eigenvalue weighted by Crippen LogP contribution is -2.39. The maximum absolute atomic E-state index is 12.4. The van der Waals surface area contributed by atoms with Crippen molar-refractivity contribution in [3.05, 3.63) is 6.33 Å². The molecule has 72 valence electrons. The molecule has 0 radical (unpaired) electrons. The van der Waals surface area contributed by atoms with E-state index in [9.17, 15) is 8.78 Å². The highest BCUT2D eigenvalue weighted by Gasteiger charge is 2.44. The van der Waals surface area contributed by atoms with Crippen LogP contribution in [-0.2, 0) is 0 Å². The first-order valence-electron chi connectivity index (χ1n) is 4.04. The zero-order valence-electron chi connectivity index (χ0n) is 6.83. The molecule has 1 N–H and O–H groups in total. The third kappa shape index (κ3) is 2.12. The second kappa shape index (κ2) is 3.17. The van der Waals surface area contributed by atoms with Gasteiger partial charge in [-0.05, 0) is 5.92 Å². The van der Waals surface area contributed by atoms with Crippen molar-refractivity contribution in [2.24, 2.45) is 5.92 Å². The van der Waals surface area contributed by atoms with E-state index in [1.165, 1.54) is 17.9 Å². The van der Waals surface area contributed by atoms with Gasteiger partial charge in [-0.2, -0.15) is 4.37 Å². The van der Waals surface area contributed by atoms with Crippen LogP contribution in [0.3, 0.4) is 0 Å². The average molecular weight is 205 g/mol. The van der Waals surface area contributed by atoms with Crippen LogP contribution in [0.15, 0.2) is 6.33 Å². The molecule has 1 fully saturated rings. The van der Waals surface area contributed by atoms with Crippen LogP contribution < -0.4 is 5.32 Å². The highest BCUT2D eigenvalue weighted by molar-refractivity contribution is 7.09. The molecule has 6 heteroatoms. The summed E-state index contributed by atoms with van der Waals surface area (Å²) in [6, 6.07) is 0. The van der Waals surface area contributed by atoms with E-state index in [0.29, 0.717) is 11.7 Å². The van der Waals surface area contributed by atoms with Crippen LogP contribution in [-0.4, -0.2) is 21.8 Å². The summed E-state index contributed by atoms with van der Waals surface area (Å²) in [7, 11) is 0. The molecule has 0 amide bonds. The van der Waals surface area contributed by atoms with Crippen LogP contribution in [0.5, 0.6) is 0 Å². The van der Waals surface area contributed by atoms with Gasteiger partial charge in [-0.1, -0.05) is 0 Å². The van der Waals surface area contributed by atoms with Gasteiger partial charge in [0.05, 0.1) is 0 Å². The monoisotopic (exact) mass is 205 g/mol. The molecule has 0 spiro atoms. The van der Waals surface area contributed by atoms with Crippen molar-refractivity contribution in [2.75, 3.05) is 11.9 Å². The van der Waals surface area contributed by atoms with Gasteiger partial charge in [0.25, 0.3) is 0 Å². The first-order chi connectivity index (χ1) is 6.16. The molecule has 0 aromatic carbocycles. The molecule has 0 bridgehead atoms. The number of hydrogen-bond acceptors (Lipinski definition) is 4. The summed E-state index contributed by atoms with van der Waals surface area (Å²) in [5.74, 6) is -2.34. The van der Waals surface area contributed by atoms with Crippen LogP contribution in [0, 0.1) is 5.92 Å². The van der Waals surface area contributed by atoms with E-state index in [0.717, 1.165) is 0 Å². The van der Waals surface area contributed by atoms with Gasteiger partial charge in [-0.25, -0.2) is 13.8 Å². The predicted octanol–water partition coefficient (Wildman–Crippen LogP) is 2.00. The molecule has 1 heterocycles. The Morgan fingerprint density at radius 2 is 2.38 bits per heavy atom. The van der Waals surface area contributed by atoms with Gasteiger partial charge < -0.3 is 5.32 Å². The number of halogens is 2. The zero-order chi connectivity index (χ0) is 9.31. The van der Waals surface area contributed by atoms with Crippen molar-refractivity contribution >= 4 is 16.7 Å². The Balaban J connectivity index is 1.71. The normalized spacial score (nSPS) is 21.1. The molecule has 0 saturated heterocycles. The summed E-state index contributed by atoms with van der Waals surface area (Å²) in [4.78, 5) is 3.89. The fourth-order valence-corrected chi connectivity index (χ4v) is 1.85. The molecule has 0 aliphatic heterocycles. The molecule has 3 nitrogen and oxygen atoms in total. The number of nitrogens with one attached hydrogen (secondary N) is 1. The Labute approximate surface area is 78.4 Å². The van der Waals surface area contributed by atoms with E-state index >= 15 is 0 Å². The molecule has 0 unspecified atom stereocenters. The first kappa shape index (κ1) is 8.80. The summed E-state index contributed by atoms with van der Waals surface area (Å²) in [5.41, 5.74) is 0. The Kier molecular flexibility index (Phi) is 2.15. The van der Waals surface area contributed by atoms with Gasteiger partial charge in [0, 0.05) is 30.9 Å². The molecule has 1 aromatic heterocycles. The third-order valence-electron chi connectivity index (χ3n) is 2.08. The minimum atomic E-state index is -2.42. The lowest BCUT2D eigenvalue weighted by molar-refractivity contribution is -0.106. The molecule has 1 saturated carbocycles. The molecule has 13 heavy (non-hydrogen) atoms. The van der Waals surface area contributed by atoms with E-state index in [4.69, 9.17) is 0 Å². The highest BCUT2D eigenvalue weighted by Crippen LogP contribution is 2.42. The predicted molar refractivity (Wildman–Crippen MR) is 46.1 cm³/mol. The second-order valence-electron chi connectivity index (χ2n) is 3.26. The molecule has 0 atom stereocenters. The van der Waals surface area contributed by atoms with Crippen LogP contribution in [0.2, 0.25) is 0 Å². The lowest BCUT2D eigenvalue weighted by Gasteiger charge is -2.34. The van der Waals surface area contributed by atoms with E-state index in [1.807, 2.05) is 0 Å². The van der Waals surface area contributed by atoms with Crippen molar-refractivity contribution in [2.45, 2.75) is 18.8 Å². The minimum absolute atomic E-state index is 0.00119.